The lowest BCUT2D eigenvalue weighted by Gasteiger charge is -2.29. The van der Waals surface area contributed by atoms with Gasteiger partial charge in [0.15, 0.2) is 0 Å². The van der Waals surface area contributed by atoms with E-state index in [1.807, 2.05) is 31.2 Å². The monoisotopic (exact) mass is 374 g/mol. The van der Waals surface area contributed by atoms with Crippen molar-refractivity contribution in [2.75, 3.05) is 18.4 Å². The van der Waals surface area contributed by atoms with Crippen LogP contribution in [0.25, 0.3) is 10.8 Å². The van der Waals surface area contributed by atoms with Crippen molar-refractivity contribution in [2.24, 2.45) is 5.41 Å². The molecular weight excluding hydrogens is 344 g/mol. The van der Waals surface area contributed by atoms with Crippen LogP contribution in [0.4, 0.5) is 5.69 Å². The average molecular weight is 375 g/mol. The Hall–Kier alpha value is -2.65. The van der Waals surface area contributed by atoms with Gasteiger partial charge in [-0.15, -0.1) is 0 Å². The van der Waals surface area contributed by atoms with Gasteiger partial charge in [0.25, 0.3) is 0 Å². The van der Waals surface area contributed by atoms with Crippen LogP contribution in [-0.2, 0) is 11.3 Å². The van der Waals surface area contributed by atoms with Crippen molar-refractivity contribution >= 4 is 22.4 Å². The SMILES string of the molecule is Cc1ccccc1NC(=O)CN(Cc1ccc2ccccc2c1)CC(C)(C)C. The second-order valence-corrected chi connectivity index (χ2v) is 8.75. The molecule has 3 nitrogen and oxygen atoms in total. The van der Waals surface area contributed by atoms with Gasteiger partial charge in [0.1, 0.15) is 0 Å². The van der Waals surface area contributed by atoms with Gasteiger partial charge in [0, 0.05) is 18.8 Å². The van der Waals surface area contributed by atoms with Crippen molar-refractivity contribution in [3.63, 3.8) is 0 Å². The van der Waals surface area contributed by atoms with Crippen LogP contribution in [0, 0.1) is 12.3 Å². The third-order valence-electron chi connectivity index (χ3n) is 4.70. The molecule has 0 bridgehead atoms. The van der Waals surface area contributed by atoms with Crippen LogP contribution >= 0.6 is 0 Å². The molecule has 0 aliphatic heterocycles. The fourth-order valence-electron chi connectivity index (χ4n) is 3.54. The molecule has 0 fully saturated rings. The lowest BCUT2D eigenvalue weighted by Crippen LogP contribution is -2.38. The lowest BCUT2D eigenvalue weighted by atomic mass is 9.95. The summed E-state index contributed by atoms with van der Waals surface area (Å²) in [6.07, 6.45) is 0. The van der Waals surface area contributed by atoms with Gasteiger partial charge < -0.3 is 5.32 Å². The Bertz CT molecular complexity index is 956. The Morgan fingerprint density at radius 1 is 0.929 bits per heavy atom. The smallest absolute Gasteiger partial charge is 0.238 e. The molecule has 0 saturated carbocycles. The molecule has 3 aromatic rings. The molecule has 0 spiro atoms. The first-order chi connectivity index (χ1) is 13.3. The van der Waals surface area contributed by atoms with Crippen LogP contribution in [0.15, 0.2) is 66.7 Å². The molecule has 3 heteroatoms. The number of amides is 1. The minimum Gasteiger partial charge on any atom is -0.325 e. The summed E-state index contributed by atoms with van der Waals surface area (Å²) >= 11 is 0. The highest BCUT2D eigenvalue weighted by Crippen LogP contribution is 2.21. The fraction of sp³-hybridized carbons (Fsp3) is 0.320. The Morgan fingerprint density at radius 3 is 2.32 bits per heavy atom. The molecule has 0 unspecified atom stereocenters. The normalized spacial score (nSPS) is 11.8. The zero-order valence-electron chi connectivity index (χ0n) is 17.3. The highest BCUT2D eigenvalue weighted by molar-refractivity contribution is 5.93. The molecule has 0 saturated heterocycles. The Morgan fingerprint density at radius 2 is 1.61 bits per heavy atom. The molecular formula is C25H30N2O. The summed E-state index contributed by atoms with van der Waals surface area (Å²) in [5.41, 5.74) is 3.30. The first kappa shape index (κ1) is 20.1. The van der Waals surface area contributed by atoms with Gasteiger partial charge in [0.05, 0.1) is 6.54 Å². The van der Waals surface area contributed by atoms with E-state index >= 15 is 0 Å². The fourth-order valence-corrected chi connectivity index (χ4v) is 3.54. The van der Waals surface area contributed by atoms with Crippen LogP contribution in [0.5, 0.6) is 0 Å². The highest BCUT2D eigenvalue weighted by atomic mass is 16.2. The van der Waals surface area contributed by atoms with Crippen molar-refractivity contribution < 1.29 is 4.79 Å². The topological polar surface area (TPSA) is 32.3 Å². The van der Waals surface area contributed by atoms with E-state index in [1.165, 1.54) is 16.3 Å². The standard InChI is InChI=1S/C25H30N2O/c1-19-9-5-8-12-23(19)26-24(28)17-27(18-25(2,3)4)16-20-13-14-21-10-6-7-11-22(21)15-20/h5-15H,16-18H2,1-4H3,(H,26,28). The molecule has 0 aliphatic rings. The van der Waals surface area contributed by atoms with Gasteiger partial charge in [-0.2, -0.15) is 0 Å². The molecule has 146 valence electrons. The predicted octanol–water partition coefficient (Wildman–Crippen LogP) is 5.64. The number of hydrogen-bond donors (Lipinski definition) is 1. The van der Waals surface area contributed by atoms with Crippen LogP contribution in [0.1, 0.15) is 31.9 Å². The summed E-state index contributed by atoms with van der Waals surface area (Å²) in [6.45, 7) is 10.6. The number of benzene rings is 3. The summed E-state index contributed by atoms with van der Waals surface area (Å²) in [7, 11) is 0. The minimum atomic E-state index is 0.0272. The van der Waals surface area contributed by atoms with E-state index in [1.54, 1.807) is 0 Å². The zero-order chi connectivity index (χ0) is 20.1. The number of rotatable bonds is 6. The molecule has 3 rings (SSSR count). The number of carbonyl (C=O) groups excluding carboxylic acids is 1. The second-order valence-electron chi connectivity index (χ2n) is 8.75. The maximum atomic E-state index is 12.7. The average Bonchev–Trinajstić information content (AvgIpc) is 2.62. The molecule has 0 atom stereocenters. The largest absolute Gasteiger partial charge is 0.325 e. The van der Waals surface area contributed by atoms with E-state index in [2.05, 4.69) is 73.5 Å². The van der Waals surface area contributed by atoms with E-state index in [0.29, 0.717) is 6.54 Å². The molecule has 3 aromatic carbocycles. The maximum absolute atomic E-state index is 12.7. The summed E-state index contributed by atoms with van der Waals surface area (Å²) in [4.78, 5) is 14.9. The second kappa shape index (κ2) is 8.57. The van der Waals surface area contributed by atoms with Gasteiger partial charge in [-0.05, 0) is 46.4 Å². The minimum absolute atomic E-state index is 0.0272. The lowest BCUT2D eigenvalue weighted by molar-refractivity contribution is -0.117. The molecule has 0 radical (unpaired) electrons. The number of hydrogen-bond acceptors (Lipinski definition) is 2. The number of para-hydroxylation sites is 1. The zero-order valence-corrected chi connectivity index (χ0v) is 17.3. The number of anilines is 1. The third-order valence-corrected chi connectivity index (χ3v) is 4.70. The number of nitrogens with zero attached hydrogens (tertiary/aromatic N) is 1. The molecule has 1 N–H and O–H groups in total. The van der Waals surface area contributed by atoms with E-state index in [4.69, 9.17) is 0 Å². The van der Waals surface area contributed by atoms with Crippen LogP contribution in [0.2, 0.25) is 0 Å². The Labute approximate surface area is 168 Å². The van der Waals surface area contributed by atoms with Gasteiger partial charge in [-0.3, -0.25) is 9.69 Å². The quantitative estimate of drug-likeness (QED) is 0.606. The maximum Gasteiger partial charge on any atom is 0.238 e. The van der Waals surface area contributed by atoms with Crippen molar-refractivity contribution in [1.82, 2.24) is 4.90 Å². The summed E-state index contributed by atoms with van der Waals surface area (Å²) < 4.78 is 0. The Balaban J connectivity index is 1.74. The molecule has 0 heterocycles. The molecule has 28 heavy (non-hydrogen) atoms. The van der Waals surface area contributed by atoms with E-state index in [-0.39, 0.29) is 11.3 Å². The first-order valence-electron chi connectivity index (χ1n) is 9.86. The van der Waals surface area contributed by atoms with Crippen molar-refractivity contribution in [1.29, 1.82) is 0 Å². The number of fused-ring (bicyclic) bond motifs is 1. The van der Waals surface area contributed by atoms with Crippen molar-refractivity contribution in [3.05, 3.63) is 77.9 Å². The van der Waals surface area contributed by atoms with Gasteiger partial charge in [-0.1, -0.05) is 75.4 Å². The summed E-state index contributed by atoms with van der Waals surface area (Å²) in [5, 5.41) is 5.54. The van der Waals surface area contributed by atoms with Crippen molar-refractivity contribution in [2.45, 2.75) is 34.2 Å². The van der Waals surface area contributed by atoms with E-state index in [0.717, 1.165) is 24.3 Å². The number of nitrogens with one attached hydrogen (secondary N) is 1. The predicted molar refractivity (Wildman–Crippen MR) is 118 cm³/mol. The number of carbonyl (C=O) groups is 1. The third kappa shape index (κ3) is 5.67. The molecule has 0 aliphatic carbocycles. The first-order valence-corrected chi connectivity index (χ1v) is 9.86. The van der Waals surface area contributed by atoms with Gasteiger partial charge in [-0.25, -0.2) is 0 Å². The van der Waals surface area contributed by atoms with Gasteiger partial charge >= 0.3 is 0 Å². The van der Waals surface area contributed by atoms with E-state index < -0.39 is 0 Å². The molecule has 0 aromatic heterocycles. The van der Waals surface area contributed by atoms with Crippen molar-refractivity contribution in [3.8, 4) is 0 Å². The summed E-state index contributed by atoms with van der Waals surface area (Å²) in [5.74, 6) is 0.0272. The van der Waals surface area contributed by atoms with Crippen LogP contribution in [-0.4, -0.2) is 23.9 Å². The molecule has 1 amide bonds. The van der Waals surface area contributed by atoms with Gasteiger partial charge in [0.2, 0.25) is 5.91 Å². The van der Waals surface area contributed by atoms with Crippen LogP contribution in [0.3, 0.4) is 0 Å². The highest BCUT2D eigenvalue weighted by Gasteiger charge is 2.19. The number of aryl methyl sites for hydroxylation is 1. The van der Waals surface area contributed by atoms with E-state index in [9.17, 15) is 4.79 Å². The Kier molecular flexibility index (Phi) is 6.15. The summed E-state index contributed by atoms with van der Waals surface area (Å²) in [6, 6.07) is 22.8. The van der Waals surface area contributed by atoms with Crippen LogP contribution < -0.4 is 5.32 Å².